The van der Waals surface area contributed by atoms with Crippen LogP contribution in [-0.2, 0) is 0 Å². The summed E-state index contributed by atoms with van der Waals surface area (Å²) in [6.07, 6.45) is 1.50. The minimum absolute atomic E-state index is 0.0656. The summed E-state index contributed by atoms with van der Waals surface area (Å²) in [4.78, 5) is 15.1. The van der Waals surface area contributed by atoms with Gasteiger partial charge in [-0.3, -0.25) is 10.7 Å². The predicted molar refractivity (Wildman–Crippen MR) is 80.8 cm³/mol. The van der Waals surface area contributed by atoms with Crippen LogP contribution >= 0.6 is 11.6 Å². The van der Waals surface area contributed by atoms with Crippen LogP contribution in [0.15, 0.2) is 35.5 Å². The van der Waals surface area contributed by atoms with E-state index >= 15 is 0 Å². The van der Waals surface area contributed by atoms with Crippen molar-refractivity contribution in [3.63, 3.8) is 0 Å². The van der Waals surface area contributed by atoms with E-state index in [2.05, 4.69) is 19.9 Å². The molecule has 7 nitrogen and oxygen atoms in total. The lowest BCUT2D eigenvalue weighted by atomic mass is 10.2. The van der Waals surface area contributed by atoms with E-state index in [-0.39, 0.29) is 16.8 Å². The molecule has 2 heterocycles. The third-order valence-electron chi connectivity index (χ3n) is 2.92. The molecule has 0 radical (unpaired) electrons. The largest absolute Gasteiger partial charge is 0.369 e. The third kappa shape index (κ3) is 2.57. The van der Waals surface area contributed by atoms with Gasteiger partial charge < -0.3 is 10.7 Å². The van der Waals surface area contributed by atoms with E-state index in [1.54, 1.807) is 6.07 Å². The molecule has 0 aliphatic heterocycles. The molecule has 0 aliphatic rings. The van der Waals surface area contributed by atoms with Crippen molar-refractivity contribution in [2.45, 2.75) is 0 Å². The summed E-state index contributed by atoms with van der Waals surface area (Å²) in [6.45, 7) is 0. The van der Waals surface area contributed by atoms with Gasteiger partial charge in [0.2, 0.25) is 0 Å². The van der Waals surface area contributed by atoms with Crippen molar-refractivity contribution in [1.82, 2.24) is 20.4 Å². The number of rotatable bonds is 2. The normalized spacial score (nSPS) is 11.9. The standard InChI is InChI=1S/C13H10ClFN6O/c14-8-5-6(1-2-9(8)15)18-11(21-22)7-3-4-17-12-10(7)19-13(16)20-12/h1-5,22H,(H,18,21)(H3,16,17,19,20). The summed E-state index contributed by atoms with van der Waals surface area (Å²) in [5.41, 5.74) is 9.35. The molecule has 0 fully saturated rings. The molecule has 2 aromatic heterocycles. The van der Waals surface area contributed by atoms with E-state index in [4.69, 9.17) is 17.3 Å². The second-order valence-electron chi connectivity index (χ2n) is 4.35. The number of aliphatic imine (C=N–C) groups is 1. The van der Waals surface area contributed by atoms with Gasteiger partial charge in [-0.15, -0.1) is 0 Å². The Labute approximate surface area is 128 Å². The zero-order chi connectivity index (χ0) is 15.7. The number of benzene rings is 1. The number of pyridine rings is 1. The first-order valence-corrected chi connectivity index (χ1v) is 6.50. The van der Waals surface area contributed by atoms with Gasteiger partial charge in [-0.05, 0) is 24.3 Å². The monoisotopic (exact) mass is 320 g/mol. The first kappa shape index (κ1) is 14.2. The van der Waals surface area contributed by atoms with Gasteiger partial charge in [0.15, 0.2) is 17.4 Å². The number of H-pyrrole nitrogens is 1. The number of nitrogens with two attached hydrogens (primary N) is 1. The van der Waals surface area contributed by atoms with Crippen LogP contribution in [0.1, 0.15) is 5.56 Å². The summed E-state index contributed by atoms with van der Waals surface area (Å²) in [5.74, 6) is -0.248. The van der Waals surface area contributed by atoms with Crippen molar-refractivity contribution in [2.75, 3.05) is 5.73 Å². The highest BCUT2D eigenvalue weighted by molar-refractivity contribution is 6.31. The molecule has 0 saturated carbocycles. The number of hydrogen-bond donors (Lipinski definition) is 4. The van der Waals surface area contributed by atoms with Crippen molar-refractivity contribution < 1.29 is 9.60 Å². The van der Waals surface area contributed by atoms with Crippen molar-refractivity contribution in [1.29, 1.82) is 0 Å². The van der Waals surface area contributed by atoms with E-state index in [0.717, 1.165) is 0 Å². The molecule has 5 N–H and O–H groups in total. The maximum atomic E-state index is 13.2. The Morgan fingerprint density at radius 1 is 1.41 bits per heavy atom. The quantitative estimate of drug-likeness (QED) is 0.329. The summed E-state index contributed by atoms with van der Waals surface area (Å²) >= 11 is 5.72. The Morgan fingerprint density at radius 2 is 2.23 bits per heavy atom. The molecule has 22 heavy (non-hydrogen) atoms. The highest BCUT2D eigenvalue weighted by atomic mass is 35.5. The number of nitrogen functional groups attached to an aromatic ring is 1. The first-order valence-electron chi connectivity index (χ1n) is 6.13. The predicted octanol–water partition coefficient (Wildman–Crippen LogP) is 2.39. The third-order valence-corrected chi connectivity index (χ3v) is 3.21. The van der Waals surface area contributed by atoms with E-state index < -0.39 is 5.82 Å². The lowest BCUT2D eigenvalue weighted by molar-refractivity contribution is 0.235. The smallest absolute Gasteiger partial charge is 0.200 e. The number of aromatic amines is 1. The number of nitrogens with one attached hydrogen (secondary N) is 2. The Hall–Kier alpha value is -2.71. The van der Waals surface area contributed by atoms with Crippen molar-refractivity contribution in [3.8, 4) is 0 Å². The average Bonchev–Trinajstić information content (AvgIpc) is 2.88. The highest BCUT2D eigenvalue weighted by Crippen LogP contribution is 2.23. The molecule has 9 heteroatoms. The average molecular weight is 321 g/mol. The SMILES string of the molecule is Nc1nc2nccc(C(=Nc3ccc(F)c(Cl)c3)NO)c2[nH]1. The zero-order valence-electron chi connectivity index (χ0n) is 11.0. The number of aromatic nitrogens is 3. The molecule has 3 rings (SSSR count). The molecule has 0 spiro atoms. The lowest BCUT2D eigenvalue weighted by Gasteiger charge is -2.06. The molecule has 0 amide bonds. The lowest BCUT2D eigenvalue weighted by Crippen LogP contribution is -2.20. The van der Waals surface area contributed by atoms with Crippen LogP contribution in [0.4, 0.5) is 16.0 Å². The number of hydrogen-bond acceptors (Lipinski definition) is 5. The van der Waals surface area contributed by atoms with E-state index in [0.29, 0.717) is 22.4 Å². The summed E-state index contributed by atoms with van der Waals surface area (Å²) in [5, 5.41) is 9.29. The molecule has 0 bridgehead atoms. The topological polar surface area (TPSA) is 112 Å². The zero-order valence-corrected chi connectivity index (χ0v) is 11.8. The summed E-state index contributed by atoms with van der Waals surface area (Å²) < 4.78 is 13.2. The number of hydroxylamine groups is 1. The van der Waals surface area contributed by atoms with E-state index in [9.17, 15) is 9.60 Å². The Kier molecular flexibility index (Phi) is 3.61. The van der Waals surface area contributed by atoms with Crippen LogP contribution in [0, 0.1) is 5.82 Å². The van der Waals surface area contributed by atoms with Gasteiger partial charge in [0.05, 0.1) is 16.2 Å². The van der Waals surface area contributed by atoms with Crippen molar-refractivity contribution in [2.24, 2.45) is 4.99 Å². The first-order chi connectivity index (χ1) is 10.6. The van der Waals surface area contributed by atoms with Gasteiger partial charge in [0.1, 0.15) is 5.82 Å². The fourth-order valence-electron chi connectivity index (χ4n) is 1.96. The van der Waals surface area contributed by atoms with E-state index in [1.165, 1.54) is 24.4 Å². The Bertz CT molecular complexity index is 878. The molecule has 0 saturated heterocycles. The van der Waals surface area contributed by atoms with Gasteiger partial charge in [0.25, 0.3) is 0 Å². The van der Waals surface area contributed by atoms with Crippen molar-refractivity contribution in [3.05, 3.63) is 46.9 Å². The van der Waals surface area contributed by atoms with Crippen LogP contribution in [0.5, 0.6) is 0 Å². The summed E-state index contributed by atoms with van der Waals surface area (Å²) in [6, 6.07) is 5.58. The number of nitrogens with zero attached hydrogens (tertiary/aromatic N) is 3. The maximum Gasteiger partial charge on any atom is 0.200 e. The molecule has 3 aromatic rings. The fourth-order valence-corrected chi connectivity index (χ4v) is 2.13. The van der Waals surface area contributed by atoms with Crippen LogP contribution in [0.2, 0.25) is 5.02 Å². The number of imidazole rings is 1. The Balaban J connectivity index is 2.12. The molecular weight excluding hydrogens is 311 g/mol. The summed E-state index contributed by atoms with van der Waals surface area (Å²) in [7, 11) is 0. The minimum Gasteiger partial charge on any atom is -0.369 e. The Morgan fingerprint density at radius 3 is 2.95 bits per heavy atom. The second kappa shape index (κ2) is 5.58. The van der Waals surface area contributed by atoms with Gasteiger partial charge in [-0.2, -0.15) is 4.98 Å². The van der Waals surface area contributed by atoms with Gasteiger partial charge >= 0.3 is 0 Å². The van der Waals surface area contributed by atoms with Crippen LogP contribution in [0.3, 0.4) is 0 Å². The molecule has 0 unspecified atom stereocenters. The van der Waals surface area contributed by atoms with E-state index in [1.807, 2.05) is 5.48 Å². The number of amidine groups is 1. The van der Waals surface area contributed by atoms with Crippen LogP contribution in [0.25, 0.3) is 11.2 Å². The van der Waals surface area contributed by atoms with Gasteiger partial charge in [0, 0.05) is 11.8 Å². The second-order valence-corrected chi connectivity index (χ2v) is 4.76. The maximum absolute atomic E-state index is 13.2. The molecule has 112 valence electrons. The highest BCUT2D eigenvalue weighted by Gasteiger charge is 2.12. The molecule has 0 aliphatic carbocycles. The molecular formula is C13H10ClFN6O. The molecule has 1 aromatic carbocycles. The fraction of sp³-hybridized carbons (Fsp3) is 0. The number of anilines is 1. The van der Waals surface area contributed by atoms with Crippen LogP contribution < -0.4 is 11.2 Å². The number of halogens is 2. The number of fused-ring (bicyclic) bond motifs is 1. The van der Waals surface area contributed by atoms with Gasteiger partial charge in [-0.1, -0.05) is 11.6 Å². The molecule has 0 atom stereocenters. The van der Waals surface area contributed by atoms with Crippen LogP contribution in [-0.4, -0.2) is 26.0 Å². The van der Waals surface area contributed by atoms with Crippen molar-refractivity contribution >= 4 is 40.2 Å². The minimum atomic E-state index is -0.549. The van der Waals surface area contributed by atoms with Gasteiger partial charge in [-0.25, -0.2) is 14.4 Å².